The Balaban J connectivity index is 1.61. The molecule has 34 heavy (non-hydrogen) atoms. The number of carbonyl (C=O) groups excluding carboxylic acids is 1. The molecule has 0 spiro atoms. The summed E-state index contributed by atoms with van der Waals surface area (Å²) in [4.78, 5) is 33.1. The van der Waals surface area contributed by atoms with E-state index in [-0.39, 0.29) is 11.5 Å². The normalized spacial score (nSPS) is 15.1. The lowest BCUT2D eigenvalue weighted by Crippen LogP contribution is -2.30. The van der Waals surface area contributed by atoms with Crippen LogP contribution in [0.1, 0.15) is 25.0 Å². The Kier molecular flexibility index (Phi) is 7.33. The number of aromatic nitrogens is 2. The molecule has 4 rings (SSSR count). The van der Waals surface area contributed by atoms with Crippen LogP contribution in [-0.4, -0.2) is 44.7 Å². The second kappa shape index (κ2) is 10.4. The van der Waals surface area contributed by atoms with Crippen molar-refractivity contribution in [2.75, 3.05) is 25.5 Å². The lowest BCUT2D eigenvalue weighted by molar-refractivity contribution is -0.122. The van der Waals surface area contributed by atoms with E-state index in [2.05, 4.69) is 24.1 Å². The van der Waals surface area contributed by atoms with Gasteiger partial charge >= 0.3 is 0 Å². The lowest BCUT2D eigenvalue weighted by Gasteiger charge is -2.14. The summed E-state index contributed by atoms with van der Waals surface area (Å²) < 4.78 is 7.16. The molecule has 1 N–H and O–H groups in total. The Hall–Kier alpha value is -3.17. The van der Waals surface area contributed by atoms with Crippen LogP contribution in [0.4, 0.5) is 5.82 Å². The maximum atomic E-state index is 13.3. The van der Waals surface area contributed by atoms with Crippen LogP contribution in [-0.2, 0) is 11.2 Å². The maximum Gasteiger partial charge on any atom is 0.267 e. The highest BCUT2D eigenvalue weighted by Gasteiger charge is 2.32. The zero-order valence-corrected chi connectivity index (χ0v) is 20.9. The number of amides is 1. The van der Waals surface area contributed by atoms with Gasteiger partial charge in [0.15, 0.2) is 0 Å². The third kappa shape index (κ3) is 5.15. The van der Waals surface area contributed by atoms with E-state index >= 15 is 0 Å². The van der Waals surface area contributed by atoms with E-state index < -0.39 is 0 Å². The minimum atomic E-state index is -0.236. The number of pyridine rings is 1. The maximum absolute atomic E-state index is 13.3. The standard InChI is InChI=1S/C25H26N4O3S2/c1-16(2)15-26-22-19(23(30)28-12-5-4-6-21(28)27-22)14-20-24(31)29(25(33)34-20)13-11-17-7-9-18(32-3)10-8-17/h4-10,12,14,16,26H,11,13,15H2,1-3H3/b20-14-. The summed E-state index contributed by atoms with van der Waals surface area (Å²) >= 11 is 6.70. The minimum Gasteiger partial charge on any atom is -0.497 e. The van der Waals surface area contributed by atoms with Gasteiger partial charge in [0.2, 0.25) is 0 Å². The molecule has 1 aliphatic rings. The van der Waals surface area contributed by atoms with Crippen molar-refractivity contribution in [2.24, 2.45) is 5.92 Å². The summed E-state index contributed by atoms with van der Waals surface area (Å²) in [5.41, 5.74) is 1.74. The summed E-state index contributed by atoms with van der Waals surface area (Å²) in [7, 11) is 1.63. The first-order valence-electron chi connectivity index (χ1n) is 11.0. The van der Waals surface area contributed by atoms with Crippen molar-refractivity contribution in [3.8, 4) is 5.75 Å². The molecule has 1 saturated heterocycles. The van der Waals surface area contributed by atoms with Gasteiger partial charge in [-0.25, -0.2) is 4.98 Å². The fourth-order valence-corrected chi connectivity index (χ4v) is 4.82. The van der Waals surface area contributed by atoms with Crippen molar-refractivity contribution in [2.45, 2.75) is 20.3 Å². The van der Waals surface area contributed by atoms with Crippen molar-refractivity contribution >= 4 is 51.7 Å². The summed E-state index contributed by atoms with van der Waals surface area (Å²) in [6.07, 6.45) is 3.95. The van der Waals surface area contributed by atoms with E-state index in [0.717, 1.165) is 11.3 Å². The first-order chi connectivity index (χ1) is 16.4. The van der Waals surface area contributed by atoms with Crippen molar-refractivity contribution in [3.05, 3.63) is 75.0 Å². The summed E-state index contributed by atoms with van der Waals surface area (Å²) in [6, 6.07) is 13.1. The SMILES string of the molecule is COc1ccc(CCN2C(=O)/C(=C/c3c(NCC(C)C)nc4ccccn4c3=O)SC2=S)cc1. The largest absolute Gasteiger partial charge is 0.497 e. The average Bonchev–Trinajstić information content (AvgIpc) is 3.10. The second-order valence-corrected chi connectivity index (χ2v) is 9.99. The number of hydrogen-bond acceptors (Lipinski definition) is 7. The number of rotatable bonds is 8. The van der Waals surface area contributed by atoms with Crippen LogP contribution in [0.5, 0.6) is 5.75 Å². The molecule has 1 fully saturated rings. The van der Waals surface area contributed by atoms with Crippen molar-refractivity contribution in [1.82, 2.24) is 14.3 Å². The van der Waals surface area contributed by atoms with Gasteiger partial charge in [0.1, 0.15) is 21.5 Å². The van der Waals surface area contributed by atoms with E-state index in [1.807, 2.05) is 30.3 Å². The molecule has 2 aromatic heterocycles. The highest BCUT2D eigenvalue weighted by atomic mass is 32.2. The highest BCUT2D eigenvalue weighted by molar-refractivity contribution is 8.26. The molecule has 0 bridgehead atoms. The minimum absolute atomic E-state index is 0.198. The zero-order chi connectivity index (χ0) is 24.2. The van der Waals surface area contributed by atoms with Crippen LogP contribution in [0.25, 0.3) is 11.7 Å². The second-order valence-electron chi connectivity index (χ2n) is 8.31. The number of ether oxygens (including phenoxy) is 1. The average molecular weight is 495 g/mol. The van der Waals surface area contributed by atoms with Gasteiger partial charge in [0, 0.05) is 19.3 Å². The van der Waals surface area contributed by atoms with Gasteiger partial charge in [-0.3, -0.25) is 18.9 Å². The molecule has 0 radical (unpaired) electrons. The highest BCUT2D eigenvalue weighted by Crippen LogP contribution is 2.33. The Bertz CT molecular complexity index is 1320. The van der Waals surface area contributed by atoms with Gasteiger partial charge in [-0.15, -0.1) is 0 Å². The number of nitrogens with one attached hydrogen (secondary N) is 1. The van der Waals surface area contributed by atoms with Crippen LogP contribution in [0.2, 0.25) is 0 Å². The van der Waals surface area contributed by atoms with Crippen LogP contribution < -0.4 is 15.6 Å². The number of thioether (sulfide) groups is 1. The van der Waals surface area contributed by atoms with Gasteiger partial charge in [-0.1, -0.05) is 56.0 Å². The van der Waals surface area contributed by atoms with Crippen LogP contribution >= 0.6 is 24.0 Å². The Morgan fingerprint density at radius 2 is 1.94 bits per heavy atom. The van der Waals surface area contributed by atoms with E-state index in [1.165, 1.54) is 16.2 Å². The van der Waals surface area contributed by atoms with E-state index in [0.29, 0.717) is 51.7 Å². The zero-order valence-electron chi connectivity index (χ0n) is 19.3. The quantitative estimate of drug-likeness (QED) is 0.371. The number of thiocarbonyl (C=S) groups is 1. The van der Waals surface area contributed by atoms with Crippen LogP contribution in [0, 0.1) is 5.92 Å². The Morgan fingerprint density at radius 3 is 2.65 bits per heavy atom. The van der Waals surface area contributed by atoms with E-state index in [1.54, 1.807) is 36.4 Å². The first kappa shape index (κ1) is 24.0. The summed E-state index contributed by atoms with van der Waals surface area (Å²) in [5, 5.41) is 3.27. The molecular weight excluding hydrogens is 468 g/mol. The van der Waals surface area contributed by atoms with Crippen LogP contribution in [0.15, 0.2) is 58.4 Å². The number of carbonyl (C=O) groups is 1. The molecule has 1 aliphatic heterocycles. The lowest BCUT2D eigenvalue weighted by atomic mass is 10.1. The van der Waals surface area contributed by atoms with Crippen molar-refractivity contribution < 1.29 is 9.53 Å². The fraction of sp³-hybridized carbons (Fsp3) is 0.280. The molecule has 7 nitrogen and oxygen atoms in total. The fourth-order valence-electron chi connectivity index (χ4n) is 3.53. The van der Waals surface area contributed by atoms with Crippen molar-refractivity contribution in [3.63, 3.8) is 0 Å². The van der Waals surface area contributed by atoms with Crippen LogP contribution in [0.3, 0.4) is 0 Å². The van der Waals surface area contributed by atoms with Gasteiger partial charge in [-0.2, -0.15) is 0 Å². The molecule has 3 aromatic rings. The van der Waals surface area contributed by atoms with Gasteiger partial charge < -0.3 is 10.1 Å². The molecule has 3 heterocycles. The number of methoxy groups -OCH3 is 1. The third-order valence-electron chi connectivity index (χ3n) is 5.38. The third-order valence-corrected chi connectivity index (χ3v) is 6.76. The van der Waals surface area contributed by atoms with E-state index in [4.69, 9.17) is 17.0 Å². The number of nitrogens with zero attached hydrogens (tertiary/aromatic N) is 3. The number of benzene rings is 1. The van der Waals surface area contributed by atoms with Gasteiger partial charge in [0.25, 0.3) is 11.5 Å². The molecular formula is C25H26N4O3S2. The predicted molar refractivity (Wildman–Crippen MR) is 141 cm³/mol. The molecule has 1 aromatic carbocycles. The summed E-state index contributed by atoms with van der Waals surface area (Å²) in [6.45, 7) is 5.27. The predicted octanol–water partition coefficient (Wildman–Crippen LogP) is 4.21. The molecule has 0 atom stereocenters. The topological polar surface area (TPSA) is 75.9 Å². The number of anilines is 1. The molecule has 176 valence electrons. The molecule has 0 aliphatic carbocycles. The van der Waals surface area contributed by atoms with Gasteiger partial charge in [-0.05, 0) is 48.2 Å². The molecule has 0 saturated carbocycles. The van der Waals surface area contributed by atoms with Gasteiger partial charge in [0.05, 0.1) is 17.6 Å². The Morgan fingerprint density at radius 1 is 1.18 bits per heavy atom. The molecule has 9 heteroatoms. The number of hydrogen-bond donors (Lipinski definition) is 1. The Labute approximate surface area is 207 Å². The van der Waals surface area contributed by atoms with E-state index in [9.17, 15) is 9.59 Å². The number of fused-ring (bicyclic) bond motifs is 1. The van der Waals surface area contributed by atoms with Crippen molar-refractivity contribution in [1.29, 1.82) is 0 Å². The monoisotopic (exact) mass is 494 g/mol. The summed E-state index contributed by atoms with van der Waals surface area (Å²) in [5.74, 6) is 1.42. The molecule has 0 unspecified atom stereocenters. The first-order valence-corrected chi connectivity index (χ1v) is 12.2. The molecule has 1 amide bonds. The smallest absolute Gasteiger partial charge is 0.267 e.